The molecular formula is C67H104N2O18S. The fourth-order valence-corrected chi connectivity index (χ4v) is 8.13. The molecule has 88 heavy (non-hydrogen) atoms. The molecule has 0 aromatic heterocycles. The van der Waals surface area contributed by atoms with Crippen molar-refractivity contribution in [2.75, 3.05) is 224 Å². The Hall–Kier alpha value is -4.37. The van der Waals surface area contributed by atoms with Crippen LogP contribution < -0.4 is 14.2 Å². The molecule has 4 aromatic rings. The second-order valence-electron chi connectivity index (χ2n) is 19.9. The Morgan fingerprint density at radius 2 is 0.432 bits per heavy atom. The van der Waals surface area contributed by atoms with E-state index in [-0.39, 0.29) is 0 Å². The normalized spacial score (nSPS) is 11.6. The fraction of sp³-hybridized carbons (Fsp3) is 0.642. The highest BCUT2D eigenvalue weighted by molar-refractivity contribution is 7.80. The van der Waals surface area contributed by atoms with Crippen LogP contribution in [-0.2, 0) is 71.1 Å². The molecule has 4 rings (SSSR count). The smallest absolute Gasteiger partial charge is 0.119 e. The van der Waals surface area contributed by atoms with Crippen LogP contribution in [0.1, 0.15) is 56.9 Å². The minimum atomic E-state index is 0.441. The Labute approximate surface area is 530 Å². The standard InChI is InChI=1S/C67H104N2O18S/c1-60-10-16-63(17-11-60)68-69-64-18-24-67(25-19-64)87-58-56-84-54-52-82-50-48-80-46-44-78-42-40-76-38-36-74-34-32-72-30-28-70-27-29-71-31-33-73-35-37-75-39-41-77-43-45-79-47-49-81-51-53-83-55-57-86-66-22-14-62(15-23-66)61-12-20-65(21-13-61)85-26-8-6-4-2-3-5-7-9-59-88/h10-25,88H,2-9,26-59H2,1H3. The minimum absolute atomic E-state index is 0.441. The Bertz CT molecular complexity index is 2150. The van der Waals surface area contributed by atoms with E-state index in [1.54, 1.807) is 0 Å². The number of rotatable bonds is 64. The first-order valence-electron chi connectivity index (χ1n) is 31.6. The lowest BCUT2D eigenvalue weighted by Gasteiger charge is -2.10. The maximum atomic E-state index is 5.97. The second kappa shape index (κ2) is 57.8. The Balaban J connectivity index is 0.739. The van der Waals surface area contributed by atoms with Gasteiger partial charge in [0.15, 0.2) is 0 Å². The number of aryl methyl sites for hydroxylation is 1. The van der Waals surface area contributed by atoms with Gasteiger partial charge in [-0.15, -0.1) is 0 Å². The van der Waals surface area contributed by atoms with Gasteiger partial charge in [0.2, 0.25) is 0 Å². The summed E-state index contributed by atoms with van der Waals surface area (Å²) in [6.45, 7) is 18.3. The number of hydrogen-bond acceptors (Lipinski definition) is 21. The van der Waals surface area contributed by atoms with Crippen LogP contribution in [0.15, 0.2) is 107 Å². The summed E-state index contributed by atoms with van der Waals surface area (Å²) in [5, 5.41) is 8.52. The zero-order valence-corrected chi connectivity index (χ0v) is 53.5. The number of benzene rings is 4. The summed E-state index contributed by atoms with van der Waals surface area (Å²) in [4.78, 5) is 0. The SMILES string of the molecule is Cc1ccc(N=Nc2ccc(OCCOCCOCCOCCOCCOCCOCCOCCOCCOCCOCCOCCOCCOCCOCCOCCOc3ccc(-c4ccc(OCCCCCCCCCCS)cc4)cc3)cc2)cc1. The van der Waals surface area contributed by atoms with Crippen LogP contribution in [0.4, 0.5) is 11.4 Å². The van der Waals surface area contributed by atoms with Crippen LogP contribution in [0, 0.1) is 6.92 Å². The average Bonchev–Trinajstić information content (AvgIpc) is 3.65. The highest BCUT2D eigenvalue weighted by Gasteiger charge is 2.04. The van der Waals surface area contributed by atoms with Crippen LogP contribution in [0.3, 0.4) is 0 Å². The lowest BCUT2D eigenvalue weighted by molar-refractivity contribution is -0.0302. The zero-order chi connectivity index (χ0) is 61.8. The van der Waals surface area contributed by atoms with Crippen LogP contribution in [-0.4, -0.2) is 224 Å². The van der Waals surface area contributed by atoms with Gasteiger partial charge in [0, 0.05) is 0 Å². The van der Waals surface area contributed by atoms with Gasteiger partial charge in [0.05, 0.1) is 216 Å². The van der Waals surface area contributed by atoms with Crippen molar-refractivity contribution in [3.63, 3.8) is 0 Å². The Kier molecular flexibility index (Phi) is 49.9. The number of ether oxygens (including phenoxy) is 18. The third-order valence-electron chi connectivity index (χ3n) is 12.7. The largest absolute Gasteiger partial charge is 0.494 e. The van der Waals surface area contributed by atoms with E-state index in [0.29, 0.717) is 211 Å². The number of azo groups is 1. The summed E-state index contributed by atoms with van der Waals surface area (Å²) in [6, 6.07) is 31.8. The molecule has 0 N–H and O–H groups in total. The molecule has 20 nitrogen and oxygen atoms in total. The van der Waals surface area contributed by atoms with Crippen molar-refractivity contribution in [1.82, 2.24) is 0 Å². The molecule has 0 radical (unpaired) electrons. The van der Waals surface area contributed by atoms with Crippen molar-refractivity contribution in [3.05, 3.63) is 103 Å². The molecule has 0 aliphatic rings. The molecular weight excluding hydrogens is 1150 g/mol. The molecule has 0 saturated carbocycles. The number of hydrogen-bond donors (Lipinski definition) is 1. The first kappa shape index (κ1) is 76.1. The monoisotopic (exact) mass is 1260 g/mol. The van der Waals surface area contributed by atoms with Gasteiger partial charge in [-0.3, -0.25) is 0 Å². The maximum Gasteiger partial charge on any atom is 0.119 e. The van der Waals surface area contributed by atoms with Crippen LogP contribution in [0.25, 0.3) is 11.1 Å². The van der Waals surface area contributed by atoms with Crippen molar-refractivity contribution < 1.29 is 85.3 Å². The topological polar surface area (TPSA) is 191 Å². The molecule has 0 saturated heterocycles. The predicted octanol–water partition coefficient (Wildman–Crippen LogP) is 11.2. The van der Waals surface area contributed by atoms with Crippen molar-refractivity contribution in [3.8, 4) is 28.4 Å². The molecule has 0 atom stereocenters. The maximum absolute atomic E-state index is 5.97. The molecule has 496 valence electrons. The van der Waals surface area contributed by atoms with E-state index in [0.717, 1.165) is 58.5 Å². The summed E-state index contributed by atoms with van der Waals surface area (Å²) in [7, 11) is 0. The molecule has 0 aliphatic heterocycles. The first-order chi connectivity index (χ1) is 43.7. The fourth-order valence-electron chi connectivity index (χ4n) is 7.91. The summed E-state index contributed by atoms with van der Waals surface area (Å²) in [5.41, 5.74) is 5.04. The number of unbranched alkanes of at least 4 members (excludes halogenated alkanes) is 7. The molecule has 0 amide bonds. The Morgan fingerprint density at radius 1 is 0.227 bits per heavy atom. The molecule has 0 fully saturated rings. The summed E-state index contributed by atoms with van der Waals surface area (Å²) in [5.74, 6) is 3.48. The number of thiol groups is 1. The van der Waals surface area contributed by atoms with Crippen molar-refractivity contribution in [2.45, 2.75) is 58.3 Å². The quantitative estimate of drug-likeness (QED) is 0.0249. The van der Waals surface area contributed by atoms with Gasteiger partial charge in [-0.05, 0) is 97.3 Å². The summed E-state index contributed by atoms with van der Waals surface area (Å²) >= 11 is 4.28. The van der Waals surface area contributed by atoms with Crippen molar-refractivity contribution in [1.29, 1.82) is 0 Å². The van der Waals surface area contributed by atoms with Crippen LogP contribution in [0.2, 0.25) is 0 Å². The summed E-state index contributed by atoms with van der Waals surface area (Å²) in [6.07, 6.45) is 10.1. The third-order valence-corrected chi connectivity index (χ3v) is 13.0. The highest BCUT2D eigenvalue weighted by Crippen LogP contribution is 2.26. The van der Waals surface area contributed by atoms with Crippen LogP contribution >= 0.6 is 12.6 Å². The molecule has 0 spiro atoms. The van der Waals surface area contributed by atoms with Gasteiger partial charge in [-0.2, -0.15) is 22.9 Å². The molecule has 0 aliphatic carbocycles. The van der Waals surface area contributed by atoms with Gasteiger partial charge in [0.1, 0.15) is 30.5 Å². The van der Waals surface area contributed by atoms with Gasteiger partial charge in [-0.25, -0.2) is 0 Å². The first-order valence-corrected chi connectivity index (χ1v) is 32.3. The minimum Gasteiger partial charge on any atom is -0.494 e. The highest BCUT2D eigenvalue weighted by atomic mass is 32.1. The van der Waals surface area contributed by atoms with Crippen LogP contribution in [0.5, 0.6) is 17.2 Å². The molecule has 0 unspecified atom stereocenters. The lowest BCUT2D eigenvalue weighted by atomic mass is 10.1. The average molecular weight is 1260 g/mol. The van der Waals surface area contributed by atoms with E-state index >= 15 is 0 Å². The van der Waals surface area contributed by atoms with E-state index in [4.69, 9.17) is 85.3 Å². The van der Waals surface area contributed by atoms with Gasteiger partial charge in [-0.1, -0.05) is 80.5 Å². The van der Waals surface area contributed by atoms with E-state index in [1.165, 1.54) is 50.5 Å². The predicted molar refractivity (Wildman–Crippen MR) is 343 cm³/mol. The van der Waals surface area contributed by atoms with E-state index in [2.05, 4.69) is 47.1 Å². The van der Waals surface area contributed by atoms with Crippen molar-refractivity contribution in [2.24, 2.45) is 10.2 Å². The number of nitrogens with zero attached hydrogens (tertiary/aromatic N) is 2. The van der Waals surface area contributed by atoms with E-state index in [9.17, 15) is 0 Å². The zero-order valence-electron chi connectivity index (χ0n) is 52.6. The molecule has 0 bridgehead atoms. The third kappa shape index (κ3) is 45.0. The van der Waals surface area contributed by atoms with Crippen molar-refractivity contribution >= 4 is 24.0 Å². The van der Waals surface area contributed by atoms with E-state index in [1.807, 2.05) is 79.7 Å². The molecule has 21 heteroatoms. The second-order valence-corrected chi connectivity index (χ2v) is 20.3. The molecule has 4 aromatic carbocycles. The van der Waals surface area contributed by atoms with Gasteiger partial charge >= 0.3 is 0 Å². The Morgan fingerprint density at radius 3 is 0.693 bits per heavy atom. The van der Waals surface area contributed by atoms with Gasteiger partial charge in [0.25, 0.3) is 0 Å². The summed E-state index contributed by atoms with van der Waals surface area (Å²) < 4.78 is 101. The van der Waals surface area contributed by atoms with Gasteiger partial charge < -0.3 is 85.3 Å². The molecule has 0 heterocycles. The lowest BCUT2D eigenvalue weighted by Crippen LogP contribution is -2.16. The van der Waals surface area contributed by atoms with E-state index < -0.39 is 0 Å².